The van der Waals surface area contributed by atoms with Gasteiger partial charge in [0.15, 0.2) is 12.0 Å². The van der Waals surface area contributed by atoms with E-state index in [4.69, 9.17) is 16.9 Å². The summed E-state index contributed by atoms with van der Waals surface area (Å²) < 4.78 is 27.3. The summed E-state index contributed by atoms with van der Waals surface area (Å²) in [5.74, 6) is 0.582. The minimum atomic E-state index is -3.86. The van der Waals surface area contributed by atoms with E-state index < -0.39 is 10.0 Å². The zero-order valence-corrected chi connectivity index (χ0v) is 15.9. The number of rotatable bonds is 3. The molecule has 0 saturated carbocycles. The molecule has 0 spiro atoms. The van der Waals surface area contributed by atoms with Gasteiger partial charge in [-0.05, 0) is 30.3 Å². The lowest BCUT2D eigenvalue weighted by Gasteiger charge is -2.31. The van der Waals surface area contributed by atoms with Crippen molar-refractivity contribution < 1.29 is 8.42 Å². The second-order valence-electron chi connectivity index (χ2n) is 6.22. The van der Waals surface area contributed by atoms with Gasteiger partial charge in [0.1, 0.15) is 0 Å². The standard InChI is InChI=1S/C18H16ClN5O2S/c19-14-6-7-16-17(12-14)24(27(25,26)15-4-2-1-3-5-15)21-18(16)23-10-8-22(13-20)9-11-23/h1-7,12H,8-11H2. The number of hydrogen-bond acceptors (Lipinski definition) is 6. The molecule has 1 saturated heterocycles. The predicted octanol–water partition coefficient (Wildman–Crippen LogP) is 2.53. The van der Waals surface area contributed by atoms with Crippen molar-refractivity contribution in [3.05, 3.63) is 53.6 Å². The average molecular weight is 402 g/mol. The van der Waals surface area contributed by atoms with E-state index in [1.165, 1.54) is 0 Å². The van der Waals surface area contributed by atoms with Crippen molar-refractivity contribution in [3.8, 4) is 6.19 Å². The third-order valence-electron chi connectivity index (χ3n) is 4.58. The Balaban J connectivity index is 1.85. The van der Waals surface area contributed by atoms with E-state index in [0.29, 0.717) is 47.9 Å². The summed E-state index contributed by atoms with van der Waals surface area (Å²) in [5.41, 5.74) is 0.434. The Labute approximate surface area is 162 Å². The molecule has 0 atom stereocenters. The first kappa shape index (κ1) is 17.6. The number of piperazine rings is 1. The zero-order chi connectivity index (χ0) is 19.0. The molecule has 2 heterocycles. The van der Waals surface area contributed by atoms with Gasteiger partial charge in [-0.15, -0.1) is 5.10 Å². The van der Waals surface area contributed by atoms with E-state index in [1.54, 1.807) is 53.4 Å². The summed E-state index contributed by atoms with van der Waals surface area (Å²) in [6.45, 7) is 2.33. The molecule has 4 rings (SSSR count). The predicted molar refractivity (Wildman–Crippen MR) is 103 cm³/mol. The Morgan fingerprint density at radius 1 is 1.04 bits per heavy atom. The highest BCUT2D eigenvalue weighted by Gasteiger charge is 2.27. The van der Waals surface area contributed by atoms with Gasteiger partial charge >= 0.3 is 0 Å². The van der Waals surface area contributed by atoms with E-state index in [1.807, 2.05) is 4.90 Å². The Bertz CT molecular complexity index is 1130. The second kappa shape index (κ2) is 6.76. The van der Waals surface area contributed by atoms with Gasteiger partial charge in [0.05, 0.1) is 10.4 Å². The first-order chi connectivity index (χ1) is 13.0. The van der Waals surface area contributed by atoms with Crippen LogP contribution in [0.25, 0.3) is 10.9 Å². The lowest BCUT2D eigenvalue weighted by Crippen LogP contribution is -2.44. The van der Waals surface area contributed by atoms with E-state index in [-0.39, 0.29) is 4.90 Å². The first-order valence-corrected chi connectivity index (χ1v) is 10.2. The van der Waals surface area contributed by atoms with Crippen molar-refractivity contribution in [1.82, 2.24) is 14.1 Å². The summed E-state index contributed by atoms with van der Waals surface area (Å²) in [6.07, 6.45) is 2.14. The highest BCUT2D eigenvalue weighted by atomic mass is 35.5. The van der Waals surface area contributed by atoms with Gasteiger partial charge in [-0.2, -0.15) is 17.8 Å². The molecule has 1 aliphatic rings. The van der Waals surface area contributed by atoms with Crippen LogP contribution in [0, 0.1) is 11.5 Å². The molecular formula is C18H16ClN5O2S. The fraction of sp³-hybridized carbons (Fsp3) is 0.222. The lowest BCUT2D eigenvalue weighted by atomic mass is 10.2. The number of aromatic nitrogens is 2. The van der Waals surface area contributed by atoms with Gasteiger partial charge in [0, 0.05) is 36.6 Å². The van der Waals surface area contributed by atoms with Crippen LogP contribution in [0.15, 0.2) is 53.4 Å². The first-order valence-electron chi connectivity index (χ1n) is 8.39. The molecule has 0 bridgehead atoms. The Morgan fingerprint density at radius 2 is 1.74 bits per heavy atom. The van der Waals surface area contributed by atoms with Gasteiger partial charge in [-0.3, -0.25) is 0 Å². The summed E-state index contributed by atoms with van der Waals surface area (Å²) in [7, 11) is -3.86. The van der Waals surface area contributed by atoms with Crippen LogP contribution in [-0.4, -0.2) is 48.7 Å². The number of fused-ring (bicyclic) bond motifs is 1. The molecule has 0 amide bonds. The largest absolute Gasteiger partial charge is 0.351 e. The third-order valence-corrected chi connectivity index (χ3v) is 6.42. The number of halogens is 1. The summed E-state index contributed by atoms with van der Waals surface area (Å²) in [6, 6.07) is 13.3. The van der Waals surface area contributed by atoms with Crippen molar-refractivity contribution >= 4 is 38.3 Å². The Kier molecular flexibility index (Phi) is 4.42. The second-order valence-corrected chi connectivity index (χ2v) is 8.42. The fourth-order valence-electron chi connectivity index (χ4n) is 3.17. The molecule has 1 aliphatic heterocycles. The third kappa shape index (κ3) is 3.09. The molecule has 138 valence electrons. The van der Waals surface area contributed by atoms with Crippen molar-refractivity contribution in [1.29, 1.82) is 5.26 Å². The maximum absolute atomic E-state index is 13.1. The Morgan fingerprint density at radius 3 is 2.41 bits per heavy atom. The van der Waals surface area contributed by atoms with Gasteiger partial charge in [-0.25, -0.2) is 0 Å². The maximum atomic E-state index is 13.1. The van der Waals surface area contributed by atoms with Crippen LogP contribution in [0.4, 0.5) is 5.82 Å². The number of nitrogens with zero attached hydrogens (tertiary/aromatic N) is 5. The monoisotopic (exact) mass is 401 g/mol. The van der Waals surface area contributed by atoms with E-state index in [9.17, 15) is 8.42 Å². The van der Waals surface area contributed by atoms with Crippen LogP contribution in [0.2, 0.25) is 5.02 Å². The topological polar surface area (TPSA) is 82.2 Å². The molecule has 9 heteroatoms. The molecule has 0 radical (unpaired) electrons. The number of anilines is 1. The van der Waals surface area contributed by atoms with Crippen molar-refractivity contribution in [2.24, 2.45) is 0 Å². The maximum Gasteiger partial charge on any atom is 0.283 e. The smallest absolute Gasteiger partial charge is 0.283 e. The van der Waals surface area contributed by atoms with Crippen molar-refractivity contribution in [3.63, 3.8) is 0 Å². The molecule has 0 aliphatic carbocycles. The fourth-order valence-corrected chi connectivity index (χ4v) is 4.64. The van der Waals surface area contributed by atoms with Crippen LogP contribution in [-0.2, 0) is 10.0 Å². The molecular weight excluding hydrogens is 386 g/mol. The minimum absolute atomic E-state index is 0.162. The van der Waals surface area contributed by atoms with Crippen molar-refractivity contribution in [2.45, 2.75) is 4.90 Å². The minimum Gasteiger partial charge on any atom is -0.351 e. The summed E-state index contributed by atoms with van der Waals surface area (Å²) in [5, 5.41) is 14.6. The summed E-state index contributed by atoms with van der Waals surface area (Å²) in [4.78, 5) is 3.84. The number of nitriles is 1. The lowest BCUT2D eigenvalue weighted by molar-refractivity contribution is 0.362. The van der Waals surface area contributed by atoms with Gasteiger partial charge in [0.25, 0.3) is 10.0 Å². The van der Waals surface area contributed by atoms with Crippen LogP contribution in [0.3, 0.4) is 0 Å². The van der Waals surface area contributed by atoms with Gasteiger partial charge in [0.2, 0.25) is 0 Å². The molecule has 0 unspecified atom stereocenters. The summed E-state index contributed by atoms with van der Waals surface area (Å²) >= 11 is 6.13. The van der Waals surface area contributed by atoms with Gasteiger partial charge < -0.3 is 9.80 Å². The molecule has 1 aromatic heterocycles. The quantitative estimate of drug-likeness (QED) is 0.627. The highest BCUT2D eigenvalue weighted by molar-refractivity contribution is 7.90. The molecule has 0 N–H and O–H groups in total. The van der Waals surface area contributed by atoms with E-state index >= 15 is 0 Å². The molecule has 1 fully saturated rings. The molecule has 2 aromatic carbocycles. The normalized spacial score (nSPS) is 15.1. The molecule has 7 nitrogen and oxygen atoms in total. The SMILES string of the molecule is N#CN1CCN(c2nn(S(=O)(=O)c3ccccc3)c3cc(Cl)ccc23)CC1. The van der Waals surface area contributed by atoms with Crippen LogP contribution < -0.4 is 4.90 Å². The van der Waals surface area contributed by atoms with Crippen molar-refractivity contribution in [2.75, 3.05) is 31.1 Å². The number of benzene rings is 2. The van der Waals surface area contributed by atoms with E-state index in [2.05, 4.69) is 11.3 Å². The van der Waals surface area contributed by atoms with E-state index in [0.717, 1.165) is 4.09 Å². The van der Waals surface area contributed by atoms with Gasteiger partial charge in [-0.1, -0.05) is 29.8 Å². The van der Waals surface area contributed by atoms with Crippen LogP contribution in [0.5, 0.6) is 0 Å². The number of hydrogen-bond donors (Lipinski definition) is 0. The van der Waals surface area contributed by atoms with Crippen LogP contribution >= 0.6 is 11.6 Å². The van der Waals surface area contributed by atoms with Crippen LogP contribution in [0.1, 0.15) is 0 Å². The average Bonchev–Trinajstić information content (AvgIpc) is 3.08. The zero-order valence-electron chi connectivity index (χ0n) is 14.3. The highest BCUT2D eigenvalue weighted by Crippen LogP contribution is 2.31. The molecule has 3 aromatic rings. The Hall–Kier alpha value is -2.76. The molecule has 27 heavy (non-hydrogen) atoms.